The normalized spacial score (nSPS) is 14.4. The molecule has 2 rings (SSSR count). The van der Waals surface area contributed by atoms with Gasteiger partial charge in [-0.25, -0.2) is 0 Å². The summed E-state index contributed by atoms with van der Waals surface area (Å²) in [4.78, 5) is 13.6. The second-order valence-corrected chi connectivity index (χ2v) is 4.00. The number of hydrogen-bond donors (Lipinski definition) is 0. The van der Waals surface area contributed by atoms with Crippen LogP contribution in [0.5, 0.6) is 5.75 Å². The van der Waals surface area contributed by atoms with Gasteiger partial charge in [0.25, 0.3) is 5.91 Å². The molecule has 1 aromatic carbocycles. The molecule has 1 aromatic rings. The van der Waals surface area contributed by atoms with Gasteiger partial charge in [0.2, 0.25) is 0 Å². The zero-order valence-corrected chi connectivity index (χ0v) is 10.0. The first-order valence-electron chi connectivity index (χ1n) is 5.84. The van der Waals surface area contributed by atoms with Crippen molar-refractivity contribution < 1.29 is 14.3 Å². The highest BCUT2D eigenvalue weighted by Crippen LogP contribution is 2.31. The summed E-state index contributed by atoms with van der Waals surface area (Å²) < 4.78 is 10.4. The monoisotopic (exact) mass is 235 g/mol. The van der Waals surface area contributed by atoms with E-state index < -0.39 is 0 Å². The fraction of sp³-hybridized carbons (Fsp3) is 0.462. The number of ether oxygens (including phenoxy) is 2. The van der Waals surface area contributed by atoms with Crippen LogP contribution in [0, 0.1) is 0 Å². The smallest absolute Gasteiger partial charge is 0.265 e. The number of methoxy groups -OCH3 is 1. The summed E-state index contributed by atoms with van der Waals surface area (Å²) in [6.07, 6.45) is 1.90. The quantitative estimate of drug-likeness (QED) is 0.731. The number of carbonyl (C=O) groups is 1. The number of para-hydroxylation sites is 2. The van der Waals surface area contributed by atoms with Gasteiger partial charge >= 0.3 is 0 Å². The molecule has 92 valence electrons. The van der Waals surface area contributed by atoms with Gasteiger partial charge in [-0.05, 0) is 25.0 Å². The fourth-order valence-corrected chi connectivity index (χ4v) is 1.92. The molecule has 0 bridgehead atoms. The van der Waals surface area contributed by atoms with Gasteiger partial charge in [0.05, 0.1) is 5.69 Å². The third-order valence-corrected chi connectivity index (χ3v) is 2.79. The summed E-state index contributed by atoms with van der Waals surface area (Å²) in [5, 5.41) is 0. The Hall–Kier alpha value is -1.55. The summed E-state index contributed by atoms with van der Waals surface area (Å²) in [6, 6.07) is 7.65. The number of benzene rings is 1. The van der Waals surface area contributed by atoms with Crippen LogP contribution >= 0.6 is 0 Å². The molecule has 1 heterocycles. The third-order valence-electron chi connectivity index (χ3n) is 2.79. The molecule has 0 radical (unpaired) electrons. The standard InChI is InChI=1S/C13H17NO3/c1-16-9-5-4-8-14-11-6-2-3-7-12(11)17-10-13(14)15/h2-3,6-7H,4-5,8-10H2,1H3. The number of anilines is 1. The van der Waals surface area contributed by atoms with E-state index >= 15 is 0 Å². The van der Waals surface area contributed by atoms with Crippen LogP contribution in [0.1, 0.15) is 12.8 Å². The van der Waals surface area contributed by atoms with Crippen LogP contribution in [-0.2, 0) is 9.53 Å². The number of rotatable bonds is 5. The molecule has 1 aliphatic rings. The molecule has 0 aromatic heterocycles. The maximum Gasteiger partial charge on any atom is 0.265 e. The van der Waals surface area contributed by atoms with Crippen LogP contribution in [0.3, 0.4) is 0 Å². The molecule has 0 saturated carbocycles. The van der Waals surface area contributed by atoms with Gasteiger partial charge < -0.3 is 14.4 Å². The highest BCUT2D eigenvalue weighted by Gasteiger charge is 2.24. The maximum absolute atomic E-state index is 11.8. The SMILES string of the molecule is COCCCCN1C(=O)COc2ccccc21. The zero-order valence-electron chi connectivity index (χ0n) is 10.0. The molecule has 0 atom stereocenters. The summed E-state index contributed by atoms with van der Waals surface area (Å²) in [5.41, 5.74) is 0.876. The highest BCUT2D eigenvalue weighted by molar-refractivity contribution is 5.97. The van der Waals surface area contributed by atoms with E-state index in [-0.39, 0.29) is 12.5 Å². The number of nitrogens with zero attached hydrogens (tertiary/aromatic N) is 1. The van der Waals surface area contributed by atoms with Crippen molar-refractivity contribution in [3.05, 3.63) is 24.3 Å². The van der Waals surface area contributed by atoms with Crippen LogP contribution in [0.2, 0.25) is 0 Å². The van der Waals surface area contributed by atoms with Gasteiger partial charge in [0.15, 0.2) is 6.61 Å². The number of hydrogen-bond acceptors (Lipinski definition) is 3. The molecule has 0 aliphatic carbocycles. The molecule has 0 spiro atoms. The van der Waals surface area contributed by atoms with Crippen LogP contribution in [0.25, 0.3) is 0 Å². The van der Waals surface area contributed by atoms with Crippen molar-refractivity contribution in [2.24, 2.45) is 0 Å². The Labute approximate surface area is 101 Å². The Morgan fingerprint density at radius 3 is 3.00 bits per heavy atom. The van der Waals surface area contributed by atoms with Crippen molar-refractivity contribution in [1.82, 2.24) is 0 Å². The molecular formula is C13H17NO3. The average molecular weight is 235 g/mol. The van der Waals surface area contributed by atoms with Crippen LogP contribution in [0.4, 0.5) is 5.69 Å². The highest BCUT2D eigenvalue weighted by atomic mass is 16.5. The molecule has 0 N–H and O–H groups in total. The predicted molar refractivity (Wildman–Crippen MR) is 65.4 cm³/mol. The molecule has 0 saturated heterocycles. The van der Waals surface area contributed by atoms with Crippen molar-refractivity contribution in [2.75, 3.05) is 31.8 Å². The van der Waals surface area contributed by atoms with Gasteiger partial charge in [-0.2, -0.15) is 0 Å². The molecule has 17 heavy (non-hydrogen) atoms. The maximum atomic E-state index is 11.8. The van der Waals surface area contributed by atoms with E-state index in [4.69, 9.17) is 9.47 Å². The lowest BCUT2D eigenvalue weighted by Gasteiger charge is -2.29. The van der Waals surface area contributed by atoms with Crippen molar-refractivity contribution in [3.8, 4) is 5.75 Å². The van der Waals surface area contributed by atoms with E-state index in [9.17, 15) is 4.79 Å². The summed E-state index contributed by atoms with van der Waals surface area (Å²) in [7, 11) is 1.69. The topological polar surface area (TPSA) is 38.8 Å². The molecule has 4 heteroatoms. The van der Waals surface area contributed by atoms with Crippen LogP contribution in [0.15, 0.2) is 24.3 Å². The molecular weight excluding hydrogens is 218 g/mol. The number of carbonyl (C=O) groups excluding carboxylic acids is 1. The fourth-order valence-electron chi connectivity index (χ4n) is 1.92. The van der Waals surface area contributed by atoms with E-state index in [0.29, 0.717) is 0 Å². The lowest BCUT2D eigenvalue weighted by atomic mass is 10.2. The molecule has 0 fully saturated rings. The van der Waals surface area contributed by atoms with Gasteiger partial charge in [0, 0.05) is 20.3 Å². The van der Waals surface area contributed by atoms with Crippen molar-refractivity contribution in [2.45, 2.75) is 12.8 Å². The number of amides is 1. The van der Waals surface area contributed by atoms with Crippen LogP contribution in [-0.4, -0.2) is 32.8 Å². The molecule has 1 amide bonds. The van der Waals surface area contributed by atoms with Gasteiger partial charge in [-0.15, -0.1) is 0 Å². The Morgan fingerprint density at radius 1 is 1.35 bits per heavy atom. The predicted octanol–water partition coefficient (Wildman–Crippen LogP) is 1.84. The minimum Gasteiger partial charge on any atom is -0.482 e. The Bertz CT molecular complexity index is 392. The van der Waals surface area contributed by atoms with E-state index in [1.807, 2.05) is 24.3 Å². The van der Waals surface area contributed by atoms with Crippen molar-refractivity contribution in [1.29, 1.82) is 0 Å². The Morgan fingerprint density at radius 2 is 2.18 bits per heavy atom. The minimum atomic E-state index is 0.0288. The summed E-state index contributed by atoms with van der Waals surface area (Å²) in [5.74, 6) is 0.819. The van der Waals surface area contributed by atoms with Crippen molar-refractivity contribution in [3.63, 3.8) is 0 Å². The first-order chi connectivity index (χ1) is 8.33. The Balaban J connectivity index is 2.02. The second-order valence-electron chi connectivity index (χ2n) is 4.00. The summed E-state index contributed by atoms with van der Waals surface area (Å²) in [6.45, 7) is 1.60. The first-order valence-corrected chi connectivity index (χ1v) is 5.84. The minimum absolute atomic E-state index is 0.0288. The number of unbranched alkanes of at least 4 members (excludes halogenated alkanes) is 1. The Kier molecular flexibility index (Phi) is 3.98. The molecule has 1 aliphatic heterocycles. The molecule has 0 unspecified atom stereocenters. The van der Waals surface area contributed by atoms with Gasteiger partial charge in [0.1, 0.15) is 5.75 Å². The lowest BCUT2D eigenvalue weighted by Crippen LogP contribution is -2.39. The lowest BCUT2D eigenvalue weighted by molar-refractivity contribution is -0.121. The van der Waals surface area contributed by atoms with Crippen molar-refractivity contribution >= 4 is 11.6 Å². The van der Waals surface area contributed by atoms with Crippen LogP contribution < -0.4 is 9.64 Å². The third kappa shape index (κ3) is 2.77. The van der Waals surface area contributed by atoms with Gasteiger partial charge in [-0.3, -0.25) is 4.79 Å². The largest absolute Gasteiger partial charge is 0.482 e. The average Bonchev–Trinajstić information content (AvgIpc) is 2.37. The van der Waals surface area contributed by atoms with E-state index in [2.05, 4.69) is 0 Å². The van der Waals surface area contributed by atoms with E-state index in [0.717, 1.165) is 37.4 Å². The van der Waals surface area contributed by atoms with Gasteiger partial charge in [-0.1, -0.05) is 12.1 Å². The van der Waals surface area contributed by atoms with E-state index in [1.165, 1.54) is 0 Å². The zero-order chi connectivity index (χ0) is 12.1. The molecule has 4 nitrogen and oxygen atoms in total. The summed E-state index contributed by atoms with van der Waals surface area (Å²) >= 11 is 0. The second kappa shape index (κ2) is 5.68. The number of fused-ring (bicyclic) bond motifs is 1. The van der Waals surface area contributed by atoms with E-state index in [1.54, 1.807) is 12.0 Å². The first kappa shape index (κ1) is 11.9.